The Kier molecular flexibility index (Phi) is 3.24. The highest BCUT2D eigenvalue weighted by Crippen LogP contribution is 2.24. The molecule has 0 aliphatic carbocycles. The van der Waals surface area contributed by atoms with E-state index in [2.05, 4.69) is 0 Å². The molecule has 3 N–H and O–H groups in total. The zero-order chi connectivity index (χ0) is 13.3. The molecule has 2 rings (SSSR count). The van der Waals surface area contributed by atoms with Gasteiger partial charge >= 0.3 is 0 Å². The number of benzene rings is 1. The Morgan fingerprint density at radius 2 is 1.83 bits per heavy atom. The lowest BCUT2D eigenvalue weighted by atomic mass is 10.2. The second-order valence-electron chi connectivity index (χ2n) is 3.40. The smallest absolute Gasteiger partial charge is 0.268 e. The van der Waals surface area contributed by atoms with E-state index in [-0.39, 0.29) is 10.6 Å². The van der Waals surface area contributed by atoms with E-state index in [1.54, 1.807) is 5.38 Å². The van der Waals surface area contributed by atoms with Crippen molar-refractivity contribution in [3.8, 4) is 0 Å². The first-order chi connectivity index (χ1) is 8.49. The summed E-state index contributed by atoms with van der Waals surface area (Å²) in [5.74, 6) is -4.17. The van der Waals surface area contributed by atoms with Crippen molar-refractivity contribution in [2.75, 3.05) is 11.1 Å². The quantitative estimate of drug-likeness (QED) is 0.883. The normalized spacial score (nSPS) is 10.4. The van der Waals surface area contributed by atoms with Gasteiger partial charge in [0.15, 0.2) is 11.6 Å². The van der Waals surface area contributed by atoms with Gasteiger partial charge in [0.25, 0.3) is 5.91 Å². The number of amides is 1. The Morgan fingerprint density at radius 3 is 2.33 bits per heavy atom. The van der Waals surface area contributed by atoms with Gasteiger partial charge in [-0.3, -0.25) is 4.79 Å². The second kappa shape index (κ2) is 4.69. The van der Waals surface area contributed by atoms with Gasteiger partial charge in [0, 0.05) is 12.1 Å². The molecule has 0 bridgehead atoms. The van der Waals surface area contributed by atoms with Crippen LogP contribution >= 0.6 is 11.3 Å². The van der Waals surface area contributed by atoms with Gasteiger partial charge in [-0.2, -0.15) is 0 Å². The number of nitrogens with two attached hydrogens (primary N) is 1. The highest BCUT2D eigenvalue weighted by atomic mass is 32.1. The van der Waals surface area contributed by atoms with E-state index in [9.17, 15) is 18.0 Å². The molecule has 0 aliphatic heterocycles. The molecule has 2 aromatic rings. The summed E-state index contributed by atoms with van der Waals surface area (Å²) in [4.78, 5) is 11.8. The first-order valence-corrected chi connectivity index (χ1v) is 5.66. The van der Waals surface area contributed by atoms with Crippen molar-refractivity contribution in [3.05, 3.63) is 45.9 Å². The predicted octanol–water partition coefficient (Wildman–Crippen LogP) is 3.00. The van der Waals surface area contributed by atoms with Crippen molar-refractivity contribution >= 4 is 28.6 Å². The number of halogens is 3. The SMILES string of the molecule is Nc1ccsc1C(=O)Nc1c(F)cc(F)cc1F. The first-order valence-electron chi connectivity index (χ1n) is 4.78. The monoisotopic (exact) mass is 272 g/mol. The number of hydrogen-bond donors (Lipinski definition) is 2. The predicted molar refractivity (Wildman–Crippen MR) is 63.0 cm³/mol. The summed E-state index contributed by atoms with van der Waals surface area (Å²) in [5, 5.41) is 3.59. The number of anilines is 2. The molecule has 94 valence electrons. The first kappa shape index (κ1) is 12.4. The lowest BCUT2D eigenvalue weighted by Crippen LogP contribution is -2.14. The van der Waals surface area contributed by atoms with Crippen LogP contribution in [0.2, 0.25) is 0 Å². The summed E-state index contributed by atoms with van der Waals surface area (Å²) in [6.45, 7) is 0. The summed E-state index contributed by atoms with van der Waals surface area (Å²) >= 11 is 1.04. The van der Waals surface area contributed by atoms with Crippen LogP contribution in [0.25, 0.3) is 0 Å². The molecule has 0 atom stereocenters. The van der Waals surface area contributed by atoms with E-state index in [0.717, 1.165) is 11.3 Å². The van der Waals surface area contributed by atoms with Crippen molar-refractivity contribution in [1.29, 1.82) is 0 Å². The maximum absolute atomic E-state index is 13.3. The Morgan fingerprint density at radius 1 is 1.22 bits per heavy atom. The maximum Gasteiger partial charge on any atom is 0.268 e. The van der Waals surface area contributed by atoms with Crippen LogP contribution < -0.4 is 11.1 Å². The molecule has 0 saturated heterocycles. The van der Waals surface area contributed by atoms with Crippen LogP contribution in [0.15, 0.2) is 23.6 Å². The standard InChI is InChI=1S/C11H7F3N2OS/c12-5-3-6(13)9(7(14)4-5)16-11(17)10-8(15)1-2-18-10/h1-4H,15H2,(H,16,17). The third-order valence-electron chi connectivity index (χ3n) is 2.15. The topological polar surface area (TPSA) is 55.1 Å². The van der Waals surface area contributed by atoms with E-state index < -0.39 is 29.0 Å². The summed E-state index contributed by atoms with van der Waals surface area (Å²) in [5.41, 5.74) is 5.01. The number of nitrogen functional groups attached to an aromatic ring is 1. The van der Waals surface area contributed by atoms with E-state index in [4.69, 9.17) is 5.73 Å². The van der Waals surface area contributed by atoms with Crippen molar-refractivity contribution in [2.24, 2.45) is 0 Å². The second-order valence-corrected chi connectivity index (χ2v) is 4.32. The van der Waals surface area contributed by atoms with Crippen molar-refractivity contribution < 1.29 is 18.0 Å². The van der Waals surface area contributed by atoms with Crippen LogP contribution in [0.3, 0.4) is 0 Å². The number of carbonyl (C=O) groups is 1. The zero-order valence-electron chi connectivity index (χ0n) is 8.84. The molecule has 0 fully saturated rings. The number of hydrogen-bond acceptors (Lipinski definition) is 3. The van der Waals surface area contributed by atoms with Crippen LogP contribution in [-0.2, 0) is 0 Å². The Hall–Kier alpha value is -2.02. The van der Waals surface area contributed by atoms with Gasteiger partial charge in [-0.1, -0.05) is 0 Å². The maximum atomic E-state index is 13.3. The van der Waals surface area contributed by atoms with E-state index in [0.29, 0.717) is 12.1 Å². The molecule has 3 nitrogen and oxygen atoms in total. The van der Waals surface area contributed by atoms with Crippen LogP contribution in [0.4, 0.5) is 24.5 Å². The number of nitrogens with one attached hydrogen (secondary N) is 1. The molecular formula is C11H7F3N2OS. The molecule has 0 saturated carbocycles. The number of rotatable bonds is 2. The fourth-order valence-electron chi connectivity index (χ4n) is 1.34. The van der Waals surface area contributed by atoms with E-state index in [1.807, 2.05) is 5.32 Å². The molecular weight excluding hydrogens is 265 g/mol. The highest BCUT2D eigenvalue weighted by Gasteiger charge is 2.17. The van der Waals surface area contributed by atoms with E-state index in [1.165, 1.54) is 6.07 Å². The fraction of sp³-hybridized carbons (Fsp3) is 0. The van der Waals surface area contributed by atoms with Crippen molar-refractivity contribution in [2.45, 2.75) is 0 Å². The minimum absolute atomic E-state index is 0.137. The molecule has 1 aromatic carbocycles. The van der Waals surface area contributed by atoms with Crippen LogP contribution in [0.1, 0.15) is 9.67 Å². The van der Waals surface area contributed by atoms with Gasteiger partial charge in [-0.05, 0) is 11.4 Å². The Labute approximate surface area is 104 Å². The largest absolute Gasteiger partial charge is 0.397 e. The molecule has 0 radical (unpaired) electrons. The minimum atomic E-state index is -1.18. The van der Waals surface area contributed by atoms with Gasteiger partial charge in [-0.25, -0.2) is 13.2 Å². The van der Waals surface area contributed by atoms with Crippen LogP contribution in [-0.4, -0.2) is 5.91 Å². The summed E-state index contributed by atoms with van der Waals surface area (Å²) in [6, 6.07) is 2.46. The lowest BCUT2D eigenvalue weighted by molar-refractivity contribution is 0.103. The Balaban J connectivity index is 2.31. The fourth-order valence-corrected chi connectivity index (χ4v) is 2.05. The third kappa shape index (κ3) is 2.30. The molecule has 0 aliphatic rings. The molecule has 1 heterocycles. The summed E-state index contributed by atoms with van der Waals surface area (Å²) < 4.78 is 39.3. The van der Waals surface area contributed by atoms with Gasteiger partial charge in [0.1, 0.15) is 16.4 Å². The molecule has 1 aromatic heterocycles. The van der Waals surface area contributed by atoms with Crippen LogP contribution in [0, 0.1) is 17.5 Å². The highest BCUT2D eigenvalue weighted by molar-refractivity contribution is 7.12. The van der Waals surface area contributed by atoms with E-state index >= 15 is 0 Å². The zero-order valence-corrected chi connectivity index (χ0v) is 9.65. The van der Waals surface area contributed by atoms with Crippen LogP contribution in [0.5, 0.6) is 0 Å². The van der Waals surface area contributed by atoms with Crippen molar-refractivity contribution in [3.63, 3.8) is 0 Å². The Bertz CT molecular complexity index is 589. The average molecular weight is 272 g/mol. The average Bonchev–Trinajstić information content (AvgIpc) is 2.69. The van der Waals surface area contributed by atoms with Gasteiger partial charge < -0.3 is 11.1 Å². The molecule has 7 heteroatoms. The summed E-state index contributed by atoms with van der Waals surface area (Å²) in [7, 11) is 0. The van der Waals surface area contributed by atoms with Gasteiger partial charge in [-0.15, -0.1) is 11.3 Å². The van der Waals surface area contributed by atoms with Gasteiger partial charge in [0.05, 0.1) is 5.69 Å². The van der Waals surface area contributed by atoms with Crippen molar-refractivity contribution in [1.82, 2.24) is 0 Å². The lowest BCUT2D eigenvalue weighted by Gasteiger charge is -2.07. The minimum Gasteiger partial charge on any atom is -0.397 e. The molecule has 0 spiro atoms. The molecule has 1 amide bonds. The van der Waals surface area contributed by atoms with Gasteiger partial charge in [0.2, 0.25) is 0 Å². The summed E-state index contributed by atoms with van der Waals surface area (Å²) in [6.07, 6.45) is 0. The molecule has 0 unspecified atom stereocenters. The third-order valence-corrected chi connectivity index (χ3v) is 3.08. The number of carbonyl (C=O) groups excluding carboxylic acids is 1. The number of thiophene rings is 1. The molecule has 18 heavy (non-hydrogen) atoms.